The zero-order valence-corrected chi connectivity index (χ0v) is 36.0. The Balaban J connectivity index is 0.932. The minimum atomic E-state index is -5.91. The molecule has 10 N–H and O–H groups in total. The molecule has 37 heteroatoms. The second-order valence-corrected chi connectivity index (χ2v) is 18.6. The fourth-order valence-electron chi connectivity index (χ4n) is 7.66. The summed E-state index contributed by atoms with van der Waals surface area (Å²) in [5.74, 6) is -0.198. The van der Waals surface area contributed by atoms with Gasteiger partial charge in [0.1, 0.15) is 90.5 Å². The maximum Gasteiger partial charge on any atom is 0.268 e. The van der Waals surface area contributed by atoms with Crippen molar-refractivity contribution in [3.05, 3.63) is 38.0 Å². The van der Waals surface area contributed by atoms with Crippen molar-refractivity contribution in [3.8, 4) is 0 Å². The molecule has 0 saturated carbocycles. The monoisotopic (exact) mass is 1000 g/mol. The largest absolute Gasteiger partial charge is 0.790 e. The van der Waals surface area contributed by atoms with Gasteiger partial charge in [-0.3, -0.25) is 22.8 Å². The minimum absolute atomic E-state index is 0.0152. The van der Waals surface area contributed by atoms with Gasteiger partial charge in [0, 0.05) is 0 Å². The summed E-state index contributed by atoms with van der Waals surface area (Å²) >= 11 is 0. The van der Waals surface area contributed by atoms with Crippen molar-refractivity contribution < 1.29 is 90.5 Å². The normalized spacial score (nSPS) is 31.0. The summed E-state index contributed by atoms with van der Waals surface area (Å²) in [6.07, 6.45) is -15.4. The van der Waals surface area contributed by atoms with Crippen molar-refractivity contribution in [1.29, 1.82) is 0 Å². The predicted molar refractivity (Wildman–Crippen MR) is 205 cm³/mol. The first-order valence-corrected chi connectivity index (χ1v) is 23.5. The molecule has 0 amide bonds. The van der Waals surface area contributed by atoms with Crippen LogP contribution in [0.2, 0.25) is 0 Å². The van der Waals surface area contributed by atoms with Gasteiger partial charge < -0.3 is 98.6 Å². The lowest BCUT2D eigenvalue weighted by Crippen LogP contribution is -2.40. The van der Waals surface area contributed by atoms with Gasteiger partial charge in [-0.25, -0.2) is 44.9 Å². The van der Waals surface area contributed by atoms with Crippen LogP contribution in [0.3, 0.4) is 0 Å². The van der Waals surface area contributed by atoms with Crippen molar-refractivity contribution in [2.24, 2.45) is 0 Å². The Morgan fingerprint density at radius 3 is 1.21 bits per heavy atom. The van der Waals surface area contributed by atoms with Crippen molar-refractivity contribution in [3.63, 3.8) is 0 Å². The van der Waals surface area contributed by atoms with Crippen LogP contribution in [0.25, 0.3) is 33.5 Å². The SMILES string of the molecule is Nc1ncnc2c1ncn2[C@@H]1O[C@H](COP(=O)([O-])O[C@H]2[C@@H](O)[C@H](n3cnc4c(N)ncnc43)O[C@@H]2COP(=O)([O-])O[C@H]2[C@@H](O)[C@H](n3cnc4c(N)ncnc43)O[C@@H]2CO)[C@@H](OP(=O)([O-])[O-])[C@H]1O. The molecular formula is C30H34N15O19P3-4. The number of nitrogens with zero attached hydrogens (tertiary/aromatic N) is 12. The topological polar surface area (TPSA) is 507 Å². The van der Waals surface area contributed by atoms with Gasteiger partial charge in [0.2, 0.25) is 0 Å². The van der Waals surface area contributed by atoms with Crippen LogP contribution in [0.4, 0.5) is 17.5 Å². The van der Waals surface area contributed by atoms with E-state index in [-0.39, 0.29) is 50.9 Å². The molecule has 0 bridgehead atoms. The number of anilines is 3. The quantitative estimate of drug-likeness (QED) is 0.0444. The number of hydrogen-bond acceptors (Lipinski definition) is 31. The molecule has 3 aliphatic heterocycles. The molecule has 9 heterocycles. The Morgan fingerprint density at radius 2 is 0.866 bits per heavy atom. The summed E-state index contributed by atoms with van der Waals surface area (Å²) in [6.45, 7) is -3.26. The molecule has 0 aromatic carbocycles. The number of aliphatic hydroxyl groups is 4. The van der Waals surface area contributed by atoms with E-state index in [1.165, 1.54) is 10.9 Å². The lowest BCUT2D eigenvalue weighted by Gasteiger charge is -2.35. The molecule has 2 unspecified atom stereocenters. The third-order valence-electron chi connectivity index (χ3n) is 10.6. The van der Waals surface area contributed by atoms with Crippen LogP contribution in [0.5, 0.6) is 0 Å². The van der Waals surface area contributed by atoms with Crippen LogP contribution < -0.4 is 36.8 Å². The van der Waals surface area contributed by atoms with Crippen molar-refractivity contribution in [2.45, 2.75) is 73.6 Å². The van der Waals surface area contributed by atoms with E-state index in [9.17, 15) is 53.7 Å². The fraction of sp³-hybridized carbons (Fsp3) is 0.500. The second-order valence-electron chi connectivity index (χ2n) is 14.7. The summed E-state index contributed by atoms with van der Waals surface area (Å²) in [6, 6.07) is 0. The van der Waals surface area contributed by atoms with Crippen LogP contribution in [-0.2, 0) is 50.5 Å². The fourth-order valence-corrected chi connectivity index (χ4v) is 10.1. The third kappa shape index (κ3) is 9.10. The molecule has 3 fully saturated rings. The van der Waals surface area contributed by atoms with E-state index in [1.54, 1.807) is 0 Å². The molecule has 0 radical (unpaired) electrons. The molecule has 0 spiro atoms. The van der Waals surface area contributed by atoms with Gasteiger partial charge in [-0.05, 0) is 0 Å². The van der Waals surface area contributed by atoms with E-state index >= 15 is 0 Å². The van der Waals surface area contributed by atoms with Crippen LogP contribution in [0.1, 0.15) is 18.7 Å². The molecule has 362 valence electrons. The molecule has 6 aromatic rings. The summed E-state index contributed by atoms with van der Waals surface area (Å²) < 4.78 is 84.3. The molecule has 9 rings (SSSR count). The van der Waals surface area contributed by atoms with Crippen molar-refractivity contribution in [2.75, 3.05) is 37.0 Å². The van der Waals surface area contributed by atoms with Gasteiger partial charge >= 0.3 is 0 Å². The zero-order chi connectivity index (χ0) is 47.7. The van der Waals surface area contributed by atoms with Crippen molar-refractivity contribution >= 4 is 74.4 Å². The van der Waals surface area contributed by atoms with E-state index in [2.05, 4.69) is 49.4 Å². The Hall–Kier alpha value is -4.90. The third-order valence-corrected chi connectivity index (χ3v) is 13.1. The van der Waals surface area contributed by atoms with E-state index in [1.807, 2.05) is 0 Å². The first-order valence-electron chi connectivity index (χ1n) is 19.1. The molecule has 6 aromatic heterocycles. The molecule has 0 aliphatic carbocycles. The number of phosphoric ester groups is 3. The Morgan fingerprint density at radius 1 is 0.537 bits per heavy atom. The van der Waals surface area contributed by atoms with Gasteiger partial charge in [0.25, 0.3) is 15.6 Å². The van der Waals surface area contributed by atoms with Gasteiger partial charge in [0.05, 0.1) is 46.6 Å². The number of rotatable bonds is 16. The van der Waals surface area contributed by atoms with E-state index in [4.69, 9.17) is 49.5 Å². The first kappa shape index (κ1) is 47.2. The number of ether oxygens (including phenoxy) is 3. The highest BCUT2D eigenvalue weighted by Crippen LogP contribution is 2.50. The molecule has 3 aliphatic rings. The summed E-state index contributed by atoms with van der Waals surface area (Å²) in [5, 5.41) is 43.9. The summed E-state index contributed by atoms with van der Waals surface area (Å²) in [4.78, 5) is 86.2. The number of imidazole rings is 3. The van der Waals surface area contributed by atoms with Crippen LogP contribution >= 0.6 is 23.5 Å². The Bertz CT molecular complexity index is 2940. The standard InChI is InChI=1S/C30H38N15O19P3/c31-22-13-25(37-4-34-22)43(7-40-13)28-16(47)19(10(1-46)59-28)63-66(53,54)58-3-12-21(18(49)30(61-12)45-9-42-15-24(33)36-6-39-27(15)45)64-67(55,56)57-2-11-20(62-65(50,51)52)17(48)29(60-11)44-8-41-14-23(32)35-5-38-26(14)44/h4-12,16-21,28-30,46-49H,1-3H2,(H,53,54)(H,55,56)(H2,31,34,37)(H2,32,35,38)(H2,33,36,39)(H2,50,51,52)/p-4/t10-,11-,12-,16-,17-,18-,19-,20-,21-,28-,29-,30-/m1/s1. The molecule has 14 atom stereocenters. The highest BCUT2D eigenvalue weighted by atomic mass is 31.2. The van der Waals surface area contributed by atoms with Crippen LogP contribution in [0, 0.1) is 0 Å². The van der Waals surface area contributed by atoms with Crippen molar-refractivity contribution in [1.82, 2.24) is 58.6 Å². The lowest BCUT2D eigenvalue weighted by atomic mass is 10.1. The van der Waals surface area contributed by atoms with Gasteiger partial charge in [-0.2, -0.15) is 0 Å². The number of aliphatic hydroxyl groups excluding tert-OH is 4. The average molecular weight is 1000 g/mol. The number of nitrogen functional groups attached to an aromatic ring is 3. The molecule has 34 nitrogen and oxygen atoms in total. The molecule has 3 saturated heterocycles. The Kier molecular flexibility index (Phi) is 12.6. The average Bonchev–Trinajstić information content (AvgIpc) is 4.13. The summed E-state index contributed by atoms with van der Waals surface area (Å²) in [7, 11) is -17.4. The number of hydrogen-bond donors (Lipinski definition) is 7. The van der Waals surface area contributed by atoms with Gasteiger partial charge in [0.15, 0.2) is 53.1 Å². The molecular weight excluding hydrogens is 967 g/mol. The predicted octanol–water partition coefficient (Wildman–Crippen LogP) is -6.03. The first-order chi connectivity index (χ1) is 31.7. The maximum absolute atomic E-state index is 13.6. The smallest absolute Gasteiger partial charge is 0.268 e. The zero-order valence-electron chi connectivity index (χ0n) is 33.4. The lowest BCUT2D eigenvalue weighted by molar-refractivity contribution is -0.347. The number of phosphoric acid groups is 3. The van der Waals surface area contributed by atoms with E-state index in [0.717, 1.165) is 40.8 Å². The maximum atomic E-state index is 13.6. The highest BCUT2D eigenvalue weighted by molar-refractivity contribution is 7.46. The highest BCUT2D eigenvalue weighted by Gasteiger charge is 2.51. The summed E-state index contributed by atoms with van der Waals surface area (Å²) in [5.41, 5.74) is 17.8. The van der Waals surface area contributed by atoms with E-state index in [0.29, 0.717) is 0 Å². The van der Waals surface area contributed by atoms with Gasteiger partial charge in [-0.15, -0.1) is 0 Å². The van der Waals surface area contributed by atoms with Gasteiger partial charge in [-0.1, -0.05) is 0 Å². The van der Waals surface area contributed by atoms with E-state index < -0.39 is 117 Å². The van der Waals surface area contributed by atoms with Crippen LogP contribution in [-0.4, -0.2) is 154 Å². The van der Waals surface area contributed by atoms with Crippen LogP contribution in [0.15, 0.2) is 38.0 Å². The number of nitrogens with two attached hydrogens (primary N) is 3. The number of fused-ring (bicyclic) bond motifs is 3. The Labute approximate surface area is 371 Å². The number of aromatic nitrogens is 12. The molecule has 67 heavy (non-hydrogen) atoms. The second kappa shape index (κ2) is 17.9. The minimum Gasteiger partial charge on any atom is -0.790 e.